The highest BCUT2D eigenvalue weighted by atomic mass is 79.9. The Labute approximate surface area is 80.7 Å². The van der Waals surface area contributed by atoms with Crippen LogP contribution in [0.25, 0.3) is 0 Å². The fourth-order valence-corrected chi connectivity index (χ4v) is 3.65. The van der Waals surface area contributed by atoms with Gasteiger partial charge in [0.1, 0.15) is 7.14 Å². The minimum absolute atomic E-state index is 0.680. The summed E-state index contributed by atoms with van der Waals surface area (Å²) in [7, 11) is -2.18. The summed E-state index contributed by atoms with van der Waals surface area (Å²) >= 11 is 3.33. The predicted molar refractivity (Wildman–Crippen MR) is 57.6 cm³/mol. The third-order valence-corrected chi connectivity index (χ3v) is 4.06. The smallest absolute Gasteiger partial charge is 0.110 e. The zero-order chi connectivity index (χ0) is 9.35. The fraction of sp³-hybridized carbons (Fsp3) is 0.250. The first-order chi connectivity index (χ1) is 5.41. The molecule has 0 spiro atoms. The molecule has 0 unspecified atom stereocenters. The van der Waals surface area contributed by atoms with Gasteiger partial charge in [0, 0.05) is 15.5 Å². The van der Waals surface area contributed by atoms with E-state index in [2.05, 4.69) is 15.9 Å². The molecule has 12 heavy (non-hydrogen) atoms. The number of hydrogen-bond acceptors (Lipinski definition) is 2. The summed E-state index contributed by atoms with van der Waals surface area (Å²) in [6, 6.07) is 5.34. The zero-order valence-corrected chi connectivity index (χ0v) is 9.52. The Hall–Kier alpha value is -0.270. The molecule has 4 heteroatoms. The van der Waals surface area contributed by atoms with Gasteiger partial charge in [0.15, 0.2) is 0 Å². The predicted octanol–water partition coefficient (Wildman–Crippen LogP) is 2.28. The van der Waals surface area contributed by atoms with Crippen LogP contribution in [0.4, 0.5) is 5.69 Å². The SMILES string of the molecule is CP(C)(=O)c1ccc(N)cc1Br. The lowest BCUT2D eigenvalue weighted by Crippen LogP contribution is -2.05. The summed E-state index contributed by atoms with van der Waals surface area (Å²) in [5, 5.41) is 0.844. The Bertz CT molecular complexity index is 345. The molecule has 0 aromatic heterocycles. The Morgan fingerprint density at radius 3 is 2.42 bits per heavy atom. The number of benzene rings is 1. The molecule has 1 aromatic carbocycles. The van der Waals surface area contributed by atoms with E-state index in [4.69, 9.17) is 5.73 Å². The van der Waals surface area contributed by atoms with Crippen molar-refractivity contribution in [2.24, 2.45) is 0 Å². The molecular weight excluding hydrogens is 237 g/mol. The molecule has 1 rings (SSSR count). The van der Waals surface area contributed by atoms with Gasteiger partial charge in [0.2, 0.25) is 0 Å². The normalized spacial score (nSPS) is 11.6. The molecule has 0 aliphatic heterocycles. The fourth-order valence-electron chi connectivity index (χ4n) is 0.960. The van der Waals surface area contributed by atoms with Crippen LogP contribution in [0.1, 0.15) is 0 Å². The minimum Gasteiger partial charge on any atom is -0.399 e. The first-order valence-electron chi connectivity index (χ1n) is 3.52. The lowest BCUT2D eigenvalue weighted by molar-refractivity contribution is 0.588. The second-order valence-electron chi connectivity index (χ2n) is 3.06. The van der Waals surface area contributed by atoms with Crippen LogP contribution in [0.3, 0.4) is 0 Å². The lowest BCUT2D eigenvalue weighted by Gasteiger charge is -2.09. The van der Waals surface area contributed by atoms with E-state index in [9.17, 15) is 4.57 Å². The molecule has 0 fully saturated rings. The van der Waals surface area contributed by atoms with E-state index in [0.29, 0.717) is 5.69 Å². The molecule has 0 aliphatic carbocycles. The Morgan fingerprint density at radius 2 is 2.00 bits per heavy atom. The number of rotatable bonds is 1. The van der Waals surface area contributed by atoms with Crippen LogP contribution in [0.5, 0.6) is 0 Å². The average molecular weight is 248 g/mol. The molecule has 66 valence electrons. The van der Waals surface area contributed by atoms with Gasteiger partial charge >= 0.3 is 0 Å². The van der Waals surface area contributed by atoms with Crippen molar-refractivity contribution in [1.29, 1.82) is 0 Å². The molecule has 2 N–H and O–H groups in total. The van der Waals surface area contributed by atoms with Crippen LogP contribution in [-0.2, 0) is 4.57 Å². The van der Waals surface area contributed by atoms with Gasteiger partial charge in [-0.25, -0.2) is 0 Å². The highest BCUT2D eigenvalue weighted by Gasteiger charge is 2.14. The van der Waals surface area contributed by atoms with E-state index in [1.54, 1.807) is 31.5 Å². The molecule has 2 nitrogen and oxygen atoms in total. The number of nitrogens with two attached hydrogens (primary N) is 1. The van der Waals surface area contributed by atoms with Crippen molar-refractivity contribution in [3.05, 3.63) is 22.7 Å². The highest BCUT2D eigenvalue weighted by Crippen LogP contribution is 2.37. The van der Waals surface area contributed by atoms with Gasteiger partial charge < -0.3 is 10.3 Å². The molecule has 0 saturated carbocycles. The summed E-state index contributed by atoms with van der Waals surface area (Å²) in [5.41, 5.74) is 6.23. The van der Waals surface area contributed by atoms with Gasteiger partial charge in [-0.2, -0.15) is 0 Å². The van der Waals surface area contributed by atoms with Crippen molar-refractivity contribution in [3.63, 3.8) is 0 Å². The molecule has 0 heterocycles. The van der Waals surface area contributed by atoms with Gasteiger partial charge in [0.05, 0.1) is 0 Å². The van der Waals surface area contributed by atoms with Crippen LogP contribution in [0, 0.1) is 0 Å². The van der Waals surface area contributed by atoms with E-state index in [1.807, 2.05) is 0 Å². The van der Waals surface area contributed by atoms with Crippen molar-refractivity contribution in [2.75, 3.05) is 19.1 Å². The average Bonchev–Trinajstić information content (AvgIpc) is 1.83. The molecule has 1 aromatic rings. The molecule has 0 bridgehead atoms. The van der Waals surface area contributed by atoms with Gasteiger partial charge in [0.25, 0.3) is 0 Å². The Morgan fingerprint density at radius 1 is 1.42 bits per heavy atom. The lowest BCUT2D eigenvalue weighted by atomic mass is 10.3. The number of nitrogen functional groups attached to an aromatic ring is 1. The van der Waals surface area contributed by atoms with Crippen LogP contribution in [-0.4, -0.2) is 13.3 Å². The number of halogens is 1. The van der Waals surface area contributed by atoms with Crippen molar-refractivity contribution in [2.45, 2.75) is 0 Å². The quantitative estimate of drug-likeness (QED) is 0.612. The second kappa shape index (κ2) is 3.23. The van der Waals surface area contributed by atoms with E-state index < -0.39 is 7.14 Å². The van der Waals surface area contributed by atoms with Crippen molar-refractivity contribution in [1.82, 2.24) is 0 Å². The van der Waals surface area contributed by atoms with Crippen molar-refractivity contribution in [3.8, 4) is 0 Å². The summed E-state index contributed by atoms with van der Waals surface area (Å²) < 4.78 is 12.5. The summed E-state index contributed by atoms with van der Waals surface area (Å²) in [5.74, 6) is 0. The largest absolute Gasteiger partial charge is 0.399 e. The van der Waals surface area contributed by atoms with Gasteiger partial charge in [-0.15, -0.1) is 0 Å². The number of anilines is 1. The van der Waals surface area contributed by atoms with Gasteiger partial charge in [-0.05, 0) is 47.5 Å². The maximum Gasteiger partial charge on any atom is 0.110 e. The highest BCUT2D eigenvalue weighted by molar-refractivity contribution is 9.10. The van der Waals surface area contributed by atoms with Crippen LogP contribution in [0.15, 0.2) is 22.7 Å². The maximum atomic E-state index is 11.7. The molecular formula is C8H11BrNOP. The topological polar surface area (TPSA) is 43.1 Å². The zero-order valence-electron chi connectivity index (χ0n) is 7.04. The maximum absolute atomic E-state index is 11.7. The van der Waals surface area contributed by atoms with Crippen LogP contribution < -0.4 is 11.0 Å². The van der Waals surface area contributed by atoms with E-state index in [0.717, 1.165) is 9.78 Å². The van der Waals surface area contributed by atoms with E-state index in [-0.39, 0.29) is 0 Å². The summed E-state index contributed by atoms with van der Waals surface area (Å²) in [4.78, 5) is 0. The van der Waals surface area contributed by atoms with Crippen molar-refractivity contribution >= 4 is 34.1 Å². The molecule has 0 radical (unpaired) electrons. The molecule has 0 amide bonds. The minimum atomic E-state index is -2.18. The Balaban J connectivity index is 3.28. The van der Waals surface area contributed by atoms with Crippen LogP contribution in [0.2, 0.25) is 0 Å². The van der Waals surface area contributed by atoms with Gasteiger partial charge in [-0.3, -0.25) is 0 Å². The standard InChI is InChI=1S/C8H11BrNOP/c1-12(2,11)8-4-3-6(10)5-7(8)9/h3-5H,10H2,1-2H3. The second-order valence-corrected chi connectivity index (χ2v) is 7.10. The summed E-state index contributed by atoms with van der Waals surface area (Å²) in [6.45, 7) is 3.48. The number of hydrogen-bond donors (Lipinski definition) is 1. The first-order valence-corrected chi connectivity index (χ1v) is 6.91. The van der Waals surface area contributed by atoms with Gasteiger partial charge in [-0.1, -0.05) is 0 Å². The molecule has 0 atom stereocenters. The third-order valence-electron chi connectivity index (χ3n) is 1.55. The molecule has 0 saturated heterocycles. The third kappa shape index (κ3) is 2.11. The van der Waals surface area contributed by atoms with Crippen LogP contribution >= 0.6 is 23.1 Å². The van der Waals surface area contributed by atoms with E-state index >= 15 is 0 Å². The Kier molecular flexibility index (Phi) is 2.64. The molecule has 0 aliphatic rings. The van der Waals surface area contributed by atoms with Crippen molar-refractivity contribution < 1.29 is 4.57 Å². The monoisotopic (exact) mass is 247 g/mol. The first kappa shape index (κ1) is 9.82. The summed E-state index contributed by atoms with van der Waals surface area (Å²) in [6.07, 6.45) is 0. The van der Waals surface area contributed by atoms with E-state index in [1.165, 1.54) is 0 Å².